The molecule has 0 aliphatic rings. The van der Waals surface area contributed by atoms with E-state index in [-0.39, 0.29) is 18.6 Å². The van der Waals surface area contributed by atoms with Gasteiger partial charge < -0.3 is 35.9 Å². The molecule has 0 saturated heterocycles. The highest BCUT2D eigenvalue weighted by Gasteiger charge is 2.34. The van der Waals surface area contributed by atoms with Gasteiger partial charge in [0.05, 0.1) is 6.61 Å². The molecule has 0 fully saturated rings. The number of ether oxygens (including phenoxy) is 1. The molecule has 0 radical (unpaired) electrons. The van der Waals surface area contributed by atoms with Crippen LogP contribution >= 0.6 is 0 Å². The van der Waals surface area contributed by atoms with Crippen molar-refractivity contribution in [1.29, 1.82) is 0 Å². The summed E-state index contributed by atoms with van der Waals surface area (Å²) >= 11 is 0. The van der Waals surface area contributed by atoms with E-state index in [4.69, 9.17) is 15.6 Å². The van der Waals surface area contributed by atoms with Gasteiger partial charge in [0.2, 0.25) is 5.91 Å². The first-order valence-electron chi connectivity index (χ1n) is 13.2. The first kappa shape index (κ1) is 33.2. The number of rotatable bonds is 23. The normalized spacial score (nSPS) is 14.9. The Labute approximate surface area is 210 Å². The Hall–Kier alpha value is -1.81. The van der Waals surface area contributed by atoms with Gasteiger partial charge in [0.1, 0.15) is 31.1 Å². The summed E-state index contributed by atoms with van der Waals surface area (Å²) in [7, 11) is 0. The predicted octanol–water partition coefficient (Wildman–Crippen LogP) is 2.29. The Morgan fingerprint density at radius 3 is 2.00 bits per heavy atom. The van der Waals surface area contributed by atoms with E-state index in [0.29, 0.717) is 0 Å². The molecule has 204 valence electrons. The quantitative estimate of drug-likeness (QED) is 0.0618. The van der Waals surface area contributed by atoms with Crippen LogP contribution in [0.1, 0.15) is 96.8 Å². The number of esters is 1. The minimum atomic E-state index is -1.74. The van der Waals surface area contributed by atoms with Gasteiger partial charge in [-0.15, -0.1) is 0 Å². The van der Waals surface area contributed by atoms with Crippen molar-refractivity contribution >= 4 is 18.2 Å². The molecule has 0 aliphatic heterocycles. The molecule has 0 aliphatic carbocycles. The molecular formula is C26H48N2O7. The third kappa shape index (κ3) is 18.2. The third-order valence-electron chi connectivity index (χ3n) is 5.82. The molecule has 0 saturated carbocycles. The highest BCUT2D eigenvalue weighted by atomic mass is 16.6. The van der Waals surface area contributed by atoms with Crippen LogP contribution in [0.3, 0.4) is 0 Å². The monoisotopic (exact) mass is 500 g/mol. The summed E-state index contributed by atoms with van der Waals surface area (Å²) in [5.41, 5.74) is 5.50. The van der Waals surface area contributed by atoms with E-state index in [0.717, 1.165) is 38.5 Å². The van der Waals surface area contributed by atoms with Crippen LogP contribution < -0.4 is 11.1 Å². The molecule has 0 heterocycles. The lowest BCUT2D eigenvalue weighted by Gasteiger charge is -2.27. The maximum absolute atomic E-state index is 11.9. The number of carbonyl (C=O) groups is 3. The Morgan fingerprint density at radius 1 is 0.914 bits per heavy atom. The van der Waals surface area contributed by atoms with Gasteiger partial charge in [-0.25, -0.2) is 0 Å². The second-order valence-corrected chi connectivity index (χ2v) is 9.02. The SMILES string of the molecule is CCCCCCCC/C=C\CCCCCCCC(=O)NCC(=O)O[C@@H]([C@H](O)[C@H](O)CO)[C@@H](N)C=O. The number of carbonyl (C=O) groups excluding carboxylic acids is 3. The number of amides is 1. The maximum Gasteiger partial charge on any atom is 0.325 e. The van der Waals surface area contributed by atoms with Crippen molar-refractivity contribution < 1.29 is 34.4 Å². The number of aldehydes is 1. The fourth-order valence-electron chi connectivity index (χ4n) is 3.59. The van der Waals surface area contributed by atoms with Gasteiger partial charge in [0.25, 0.3) is 0 Å². The summed E-state index contributed by atoms with van der Waals surface area (Å²) in [4.78, 5) is 34.7. The van der Waals surface area contributed by atoms with Gasteiger partial charge in [-0.2, -0.15) is 0 Å². The molecule has 0 bridgehead atoms. The van der Waals surface area contributed by atoms with Crippen molar-refractivity contribution in [3.8, 4) is 0 Å². The molecule has 0 aromatic rings. The molecular weight excluding hydrogens is 452 g/mol. The number of hydrogen-bond acceptors (Lipinski definition) is 8. The van der Waals surface area contributed by atoms with E-state index in [1.165, 1.54) is 44.9 Å². The summed E-state index contributed by atoms with van der Waals surface area (Å²) in [5, 5.41) is 30.7. The van der Waals surface area contributed by atoms with Crippen molar-refractivity contribution in [2.24, 2.45) is 5.73 Å². The highest BCUT2D eigenvalue weighted by molar-refractivity contribution is 5.82. The van der Waals surface area contributed by atoms with Crippen LogP contribution in [0.15, 0.2) is 12.2 Å². The summed E-state index contributed by atoms with van der Waals surface area (Å²) in [6, 6.07) is -1.39. The minimum Gasteiger partial charge on any atom is -0.456 e. The van der Waals surface area contributed by atoms with Crippen molar-refractivity contribution in [2.45, 2.75) is 121 Å². The predicted molar refractivity (Wildman–Crippen MR) is 135 cm³/mol. The molecule has 1 amide bonds. The van der Waals surface area contributed by atoms with E-state index in [9.17, 15) is 24.6 Å². The van der Waals surface area contributed by atoms with Crippen LogP contribution in [0.2, 0.25) is 0 Å². The number of unbranched alkanes of at least 4 members (excludes halogenated alkanes) is 11. The largest absolute Gasteiger partial charge is 0.456 e. The molecule has 0 spiro atoms. The number of aliphatic hydroxyl groups excluding tert-OH is 3. The average molecular weight is 501 g/mol. The van der Waals surface area contributed by atoms with E-state index in [1.807, 2.05) is 0 Å². The molecule has 4 atom stereocenters. The number of nitrogens with two attached hydrogens (primary N) is 1. The highest BCUT2D eigenvalue weighted by Crippen LogP contribution is 2.10. The van der Waals surface area contributed by atoms with Crippen LogP contribution in [0.25, 0.3) is 0 Å². The van der Waals surface area contributed by atoms with E-state index < -0.39 is 43.5 Å². The van der Waals surface area contributed by atoms with Gasteiger partial charge in [-0.05, 0) is 32.1 Å². The maximum atomic E-state index is 11.9. The van der Waals surface area contributed by atoms with Crippen molar-refractivity contribution in [3.05, 3.63) is 12.2 Å². The second-order valence-electron chi connectivity index (χ2n) is 9.02. The zero-order chi connectivity index (χ0) is 26.3. The molecule has 6 N–H and O–H groups in total. The molecule has 9 heteroatoms. The second kappa shape index (κ2) is 22.6. The van der Waals surface area contributed by atoms with Crippen LogP contribution in [0.4, 0.5) is 0 Å². The van der Waals surface area contributed by atoms with Crippen LogP contribution in [0.5, 0.6) is 0 Å². The summed E-state index contributed by atoms with van der Waals surface area (Å²) in [6.07, 6.45) is 15.4. The van der Waals surface area contributed by atoms with Crippen molar-refractivity contribution in [3.63, 3.8) is 0 Å². The third-order valence-corrected chi connectivity index (χ3v) is 5.82. The summed E-state index contributed by atoms with van der Waals surface area (Å²) in [6.45, 7) is 0.985. The Kier molecular flexibility index (Phi) is 21.5. The number of hydrogen-bond donors (Lipinski definition) is 5. The molecule has 35 heavy (non-hydrogen) atoms. The summed E-state index contributed by atoms with van der Waals surface area (Å²) in [5.74, 6) is -1.21. The minimum absolute atomic E-state index is 0.261. The Bertz CT molecular complexity index is 586. The molecule has 0 unspecified atom stereocenters. The smallest absolute Gasteiger partial charge is 0.325 e. The zero-order valence-corrected chi connectivity index (χ0v) is 21.4. The van der Waals surface area contributed by atoms with Crippen LogP contribution in [-0.4, -0.2) is 71.0 Å². The first-order chi connectivity index (χ1) is 16.9. The van der Waals surface area contributed by atoms with E-state index in [1.54, 1.807) is 0 Å². The lowest BCUT2D eigenvalue weighted by atomic mass is 10.0. The number of aliphatic hydroxyl groups is 3. The van der Waals surface area contributed by atoms with Crippen molar-refractivity contribution in [1.82, 2.24) is 5.32 Å². The van der Waals surface area contributed by atoms with Crippen molar-refractivity contribution in [2.75, 3.05) is 13.2 Å². The fourth-order valence-corrected chi connectivity index (χ4v) is 3.59. The van der Waals surface area contributed by atoms with Crippen LogP contribution in [0, 0.1) is 0 Å². The van der Waals surface area contributed by atoms with Gasteiger partial charge in [0.15, 0.2) is 6.10 Å². The number of nitrogens with one attached hydrogen (secondary N) is 1. The van der Waals surface area contributed by atoms with E-state index >= 15 is 0 Å². The summed E-state index contributed by atoms with van der Waals surface area (Å²) < 4.78 is 4.93. The molecule has 0 aromatic heterocycles. The number of allylic oxidation sites excluding steroid dienone is 2. The lowest BCUT2D eigenvalue weighted by Crippen LogP contribution is -2.53. The fraction of sp³-hybridized carbons (Fsp3) is 0.808. The van der Waals surface area contributed by atoms with Crippen LogP contribution in [-0.2, 0) is 19.1 Å². The van der Waals surface area contributed by atoms with Gasteiger partial charge in [-0.3, -0.25) is 9.59 Å². The van der Waals surface area contributed by atoms with Gasteiger partial charge >= 0.3 is 5.97 Å². The molecule has 0 rings (SSSR count). The Balaban J connectivity index is 3.82. The standard InChI is InChI=1S/C26H48N2O7/c1-2-3-4-5-6-7-8-9-10-11-12-13-14-15-16-17-23(32)28-18-24(33)35-26(21(27)19-29)25(34)22(31)20-30/h9-10,19,21-22,25-26,30-31,34H,2-8,11-18,20,27H2,1H3,(H,28,32)/b10-9-/t21-,22+,25+,26+/m0/s1. The Morgan fingerprint density at radius 2 is 1.46 bits per heavy atom. The average Bonchev–Trinajstić information content (AvgIpc) is 2.86. The molecule has 0 aromatic carbocycles. The topological polar surface area (TPSA) is 159 Å². The first-order valence-corrected chi connectivity index (χ1v) is 13.2. The zero-order valence-electron chi connectivity index (χ0n) is 21.4. The lowest BCUT2D eigenvalue weighted by molar-refractivity contribution is -0.163. The molecule has 9 nitrogen and oxygen atoms in total. The van der Waals surface area contributed by atoms with Gasteiger partial charge in [0, 0.05) is 6.42 Å². The van der Waals surface area contributed by atoms with Gasteiger partial charge in [-0.1, -0.05) is 70.4 Å². The van der Waals surface area contributed by atoms with E-state index in [2.05, 4.69) is 24.4 Å².